The lowest BCUT2D eigenvalue weighted by Gasteiger charge is -2.06. The Kier molecular flexibility index (Phi) is 6.55. The van der Waals surface area contributed by atoms with E-state index < -0.39 is 10.0 Å². The van der Waals surface area contributed by atoms with Gasteiger partial charge in [0, 0.05) is 24.4 Å². The van der Waals surface area contributed by atoms with Crippen molar-refractivity contribution in [1.82, 2.24) is 0 Å². The van der Waals surface area contributed by atoms with E-state index in [4.69, 9.17) is 9.88 Å². The van der Waals surface area contributed by atoms with Crippen molar-refractivity contribution < 1.29 is 18.3 Å². The molecular formula is C18H22N2O4S. The van der Waals surface area contributed by atoms with Crippen LogP contribution in [0, 0.1) is 0 Å². The molecule has 7 heteroatoms. The summed E-state index contributed by atoms with van der Waals surface area (Å²) in [5, 5.41) is 15.0. The number of ether oxygens (including phenoxy) is 1. The van der Waals surface area contributed by atoms with Crippen LogP contribution in [0.3, 0.4) is 0 Å². The Bertz CT molecular complexity index is 831. The lowest BCUT2D eigenvalue weighted by molar-refractivity contribution is 0.315. The number of aliphatic imine (C=N–C) groups is 1. The van der Waals surface area contributed by atoms with Gasteiger partial charge in [0.1, 0.15) is 11.5 Å². The second-order valence-electron chi connectivity index (χ2n) is 5.54. The molecule has 0 amide bonds. The lowest BCUT2D eigenvalue weighted by Crippen LogP contribution is -2.11. The van der Waals surface area contributed by atoms with Gasteiger partial charge in [0.15, 0.2) is 0 Å². The Balaban J connectivity index is 1.91. The Morgan fingerprint density at radius 2 is 1.92 bits per heavy atom. The van der Waals surface area contributed by atoms with Crippen molar-refractivity contribution in [3.63, 3.8) is 0 Å². The number of aromatic hydroxyl groups is 1. The average Bonchev–Trinajstić information content (AvgIpc) is 2.58. The van der Waals surface area contributed by atoms with Gasteiger partial charge in [0.25, 0.3) is 0 Å². The van der Waals surface area contributed by atoms with Gasteiger partial charge >= 0.3 is 0 Å². The lowest BCUT2D eigenvalue weighted by atomic mass is 10.1. The van der Waals surface area contributed by atoms with Crippen LogP contribution in [-0.2, 0) is 16.4 Å². The van der Waals surface area contributed by atoms with E-state index in [1.165, 1.54) is 12.1 Å². The summed E-state index contributed by atoms with van der Waals surface area (Å²) < 4.78 is 27.8. The SMILES string of the molecule is CCCOc1ccc(C=NCCc2ccc(S(N)(=O)=O)cc2)c(O)c1. The predicted molar refractivity (Wildman–Crippen MR) is 97.9 cm³/mol. The van der Waals surface area contributed by atoms with Gasteiger partial charge in [0.05, 0.1) is 11.5 Å². The molecule has 134 valence electrons. The number of nitrogens with zero attached hydrogens (tertiary/aromatic N) is 1. The molecule has 0 aliphatic rings. The molecule has 0 radical (unpaired) electrons. The molecule has 0 heterocycles. The number of hydrogen-bond donors (Lipinski definition) is 2. The zero-order valence-corrected chi connectivity index (χ0v) is 14.9. The standard InChI is InChI=1S/C18H22N2O4S/c1-2-11-24-16-6-5-15(18(21)12-16)13-20-10-9-14-3-7-17(8-4-14)25(19,22)23/h3-8,12-13,21H,2,9-11H2,1H3,(H2,19,22,23). The highest BCUT2D eigenvalue weighted by Gasteiger charge is 2.06. The van der Waals surface area contributed by atoms with E-state index >= 15 is 0 Å². The first-order valence-electron chi connectivity index (χ1n) is 7.97. The topological polar surface area (TPSA) is 102 Å². The van der Waals surface area contributed by atoms with Crippen LogP contribution in [0.15, 0.2) is 52.4 Å². The molecule has 2 aromatic carbocycles. The first-order chi connectivity index (χ1) is 11.9. The van der Waals surface area contributed by atoms with Crippen LogP contribution in [-0.4, -0.2) is 32.9 Å². The van der Waals surface area contributed by atoms with E-state index in [0.717, 1.165) is 12.0 Å². The molecule has 2 aromatic rings. The van der Waals surface area contributed by atoms with Gasteiger partial charge in [0.2, 0.25) is 10.0 Å². The molecule has 3 N–H and O–H groups in total. The third kappa shape index (κ3) is 5.88. The summed E-state index contributed by atoms with van der Waals surface area (Å²) in [7, 11) is -3.66. The number of rotatable bonds is 8. The number of hydrogen-bond acceptors (Lipinski definition) is 5. The van der Waals surface area contributed by atoms with Crippen LogP contribution < -0.4 is 9.88 Å². The van der Waals surface area contributed by atoms with Crippen molar-refractivity contribution in [3.05, 3.63) is 53.6 Å². The fraction of sp³-hybridized carbons (Fsp3) is 0.278. The maximum Gasteiger partial charge on any atom is 0.238 e. The van der Waals surface area contributed by atoms with Gasteiger partial charge in [-0.3, -0.25) is 4.99 Å². The summed E-state index contributed by atoms with van der Waals surface area (Å²) in [4.78, 5) is 4.38. The van der Waals surface area contributed by atoms with E-state index in [1.54, 1.807) is 36.5 Å². The molecule has 0 unspecified atom stereocenters. The van der Waals surface area contributed by atoms with Gasteiger partial charge in [-0.1, -0.05) is 19.1 Å². The molecule has 0 aliphatic heterocycles. The van der Waals surface area contributed by atoms with Crippen molar-refractivity contribution in [3.8, 4) is 11.5 Å². The third-order valence-electron chi connectivity index (χ3n) is 3.49. The molecule has 0 atom stereocenters. The maximum absolute atomic E-state index is 11.2. The summed E-state index contributed by atoms with van der Waals surface area (Å²) in [5.41, 5.74) is 1.57. The van der Waals surface area contributed by atoms with E-state index in [-0.39, 0.29) is 10.6 Å². The van der Waals surface area contributed by atoms with Crippen molar-refractivity contribution in [2.45, 2.75) is 24.7 Å². The Morgan fingerprint density at radius 3 is 2.52 bits per heavy atom. The van der Waals surface area contributed by atoms with E-state index in [2.05, 4.69) is 4.99 Å². The molecule has 0 saturated heterocycles. The zero-order chi connectivity index (χ0) is 18.3. The summed E-state index contributed by atoms with van der Waals surface area (Å²) in [5.74, 6) is 0.751. The Morgan fingerprint density at radius 1 is 1.20 bits per heavy atom. The first kappa shape index (κ1) is 19.0. The van der Waals surface area contributed by atoms with Crippen molar-refractivity contribution >= 4 is 16.2 Å². The highest BCUT2D eigenvalue weighted by Crippen LogP contribution is 2.22. The minimum absolute atomic E-state index is 0.0926. The molecule has 0 fully saturated rings. The van der Waals surface area contributed by atoms with Crippen molar-refractivity contribution in [1.29, 1.82) is 0 Å². The minimum atomic E-state index is -3.66. The number of phenols is 1. The van der Waals surface area contributed by atoms with Gasteiger partial charge < -0.3 is 9.84 Å². The zero-order valence-electron chi connectivity index (χ0n) is 14.1. The third-order valence-corrected chi connectivity index (χ3v) is 4.42. The Hall–Kier alpha value is -2.38. The van der Waals surface area contributed by atoms with Gasteiger partial charge in [-0.25, -0.2) is 13.6 Å². The highest BCUT2D eigenvalue weighted by molar-refractivity contribution is 7.89. The molecule has 25 heavy (non-hydrogen) atoms. The van der Waals surface area contributed by atoms with Crippen LogP contribution >= 0.6 is 0 Å². The molecule has 0 spiro atoms. The van der Waals surface area contributed by atoms with E-state index in [0.29, 0.717) is 30.9 Å². The summed E-state index contributed by atoms with van der Waals surface area (Å²) >= 11 is 0. The molecule has 0 saturated carbocycles. The molecule has 0 aromatic heterocycles. The number of phenolic OH excluding ortho intramolecular Hbond substituents is 1. The molecule has 0 aliphatic carbocycles. The van der Waals surface area contributed by atoms with Crippen molar-refractivity contribution in [2.75, 3.05) is 13.2 Å². The predicted octanol–water partition coefficient (Wildman–Crippen LogP) is 2.49. The first-order valence-corrected chi connectivity index (χ1v) is 9.52. The van der Waals surface area contributed by atoms with E-state index in [9.17, 15) is 13.5 Å². The van der Waals surface area contributed by atoms with Gasteiger partial charge in [-0.15, -0.1) is 0 Å². The monoisotopic (exact) mass is 362 g/mol. The van der Waals surface area contributed by atoms with Crippen LogP contribution in [0.4, 0.5) is 0 Å². The van der Waals surface area contributed by atoms with Crippen LogP contribution in [0.25, 0.3) is 0 Å². The van der Waals surface area contributed by atoms with Crippen LogP contribution in [0.2, 0.25) is 0 Å². The number of benzene rings is 2. The van der Waals surface area contributed by atoms with Crippen LogP contribution in [0.1, 0.15) is 24.5 Å². The number of sulfonamides is 1. The average molecular weight is 362 g/mol. The fourth-order valence-corrected chi connectivity index (χ4v) is 2.66. The molecule has 6 nitrogen and oxygen atoms in total. The summed E-state index contributed by atoms with van der Waals surface area (Å²) in [6, 6.07) is 11.5. The molecule has 2 rings (SSSR count). The number of primary sulfonamides is 1. The summed E-state index contributed by atoms with van der Waals surface area (Å²) in [6.07, 6.45) is 3.17. The smallest absolute Gasteiger partial charge is 0.238 e. The van der Waals surface area contributed by atoms with Crippen molar-refractivity contribution in [2.24, 2.45) is 10.1 Å². The largest absolute Gasteiger partial charge is 0.507 e. The second kappa shape index (κ2) is 8.64. The fourth-order valence-electron chi connectivity index (χ4n) is 2.14. The highest BCUT2D eigenvalue weighted by atomic mass is 32.2. The quantitative estimate of drug-likeness (QED) is 0.704. The van der Waals surface area contributed by atoms with Gasteiger partial charge in [-0.2, -0.15) is 0 Å². The van der Waals surface area contributed by atoms with E-state index in [1.807, 2.05) is 6.92 Å². The minimum Gasteiger partial charge on any atom is -0.507 e. The molecular weight excluding hydrogens is 340 g/mol. The molecule has 0 bridgehead atoms. The van der Waals surface area contributed by atoms with Gasteiger partial charge in [-0.05, 0) is 42.7 Å². The van der Waals surface area contributed by atoms with Crippen LogP contribution in [0.5, 0.6) is 11.5 Å². The Labute approximate surface area is 148 Å². The second-order valence-corrected chi connectivity index (χ2v) is 7.10. The summed E-state index contributed by atoms with van der Waals surface area (Å²) in [6.45, 7) is 3.14. The maximum atomic E-state index is 11.2. The normalized spacial score (nSPS) is 11.8. The number of nitrogens with two attached hydrogens (primary N) is 1.